The number of nitrogens with one attached hydrogen (secondary N) is 2. The normalized spacial score (nSPS) is 14.1. The van der Waals surface area contributed by atoms with Crippen LogP contribution in [0.1, 0.15) is 54.0 Å². The standard InChI is InChI=1S/C24H26FN5O3/c1-16(26-22(31)15-30-24(33)29-14-4-2-3-5-21(29)28-30)17-8-12-20(13-9-17)27-23(32)18-6-10-19(25)11-7-18/h6-13,16H,2-5,14-15H2,1H3,(H,26,31)(H,27,32). The summed E-state index contributed by atoms with van der Waals surface area (Å²) in [6.45, 7) is 2.36. The van der Waals surface area contributed by atoms with E-state index >= 15 is 0 Å². The maximum atomic E-state index is 13.0. The molecule has 1 atom stereocenters. The highest BCUT2D eigenvalue weighted by Crippen LogP contribution is 2.17. The summed E-state index contributed by atoms with van der Waals surface area (Å²) in [4.78, 5) is 37.3. The Morgan fingerprint density at radius 3 is 2.52 bits per heavy atom. The van der Waals surface area contributed by atoms with E-state index in [9.17, 15) is 18.8 Å². The van der Waals surface area contributed by atoms with Gasteiger partial charge in [0.05, 0.1) is 6.04 Å². The summed E-state index contributed by atoms with van der Waals surface area (Å²) in [5.74, 6) is -0.295. The predicted octanol–water partition coefficient (Wildman–Crippen LogP) is 3.04. The number of carbonyl (C=O) groups excluding carboxylic acids is 2. The lowest BCUT2D eigenvalue weighted by atomic mass is 10.1. The second-order valence-corrected chi connectivity index (χ2v) is 8.19. The van der Waals surface area contributed by atoms with Crippen LogP contribution in [0.3, 0.4) is 0 Å². The number of benzene rings is 2. The Morgan fingerprint density at radius 2 is 1.79 bits per heavy atom. The van der Waals surface area contributed by atoms with E-state index in [2.05, 4.69) is 15.7 Å². The highest BCUT2D eigenvalue weighted by Gasteiger charge is 2.18. The Kier molecular flexibility index (Phi) is 6.67. The zero-order valence-corrected chi connectivity index (χ0v) is 18.4. The quantitative estimate of drug-likeness (QED) is 0.602. The number of halogens is 1. The number of rotatable bonds is 6. The van der Waals surface area contributed by atoms with E-state index < -0.39 is 5.82 Å². The zero-order valence-electron chi connectivity index (χ0n) is 18.4. The van der Waals surface area contributed by atoms with Crippen molar-refractivity contribution >= 4 is 17.5 Å². The van der Waals surface area contributed by atoms with Crippen molar-refractivity contribution in [1.82, 2.24) is 19.7 Å². The number of aromatic nitrogens is 3. The molecule has 33 heavy (non-hydrogen) atoms. The molecule has 0 radical (unpaired) electrons. The van der Waals surface area contributed by atoms with E-state index in [4.69, 9.17) is 0 Å². The number of carbonyl (C=O) groups is 2. The van der Waals surface area contributed by atoms with Crippen molar-refractivity contribution in [2.75, 3.05) is 5.32 Å². The van der Waals surface area contributed by atoms with Crippen molar-refractivity contribution < 1.29 is 14.0 Å². The molecule has 8 nitrogen and oxygen atoms in total. The fraction of sp³-hybridized carbons (Fsp3) is 0.333. The molecule has 2 heterocycles. The first-order chi connectivity index (χ1) is 15.9. The van der Waals surface area contributed by atoms with Crippen molar-refractivity contribution in [1.29, 1.82) is 0 Å². The highest BCUT2D eigenvalue weighted by atomic mass is 19.1. The average Bonchev–Trinajstić information content (AvgIpc) is 2.95. The van der Waals surface area contributed by atoms with Gasteiger partial charge in [-0.15, -0.1) is 0 Å². The van der Waals surface area contributed by atoms with Crippen LogP contribution >= 0.6 is 0 Å². The van der Waals surface area contributed by atoms with Crippen LogP contribution in [0.25, 0.3) is 0 Å². The minimum atomic E-state index is -0.403. The van der Waals surface area contributed by atoms with Crippen LogP contribution in [-0.2, 0) is 24.3 Å². The molecule has 2 aromatic carbocycles. The topological polar surface area (TPSA) is 98.0 Å². The summed E-state index contributed by atoms with van der Waals surface area (Å²) >= 11 is 0. The van der Waals surface area contributed by atoms with Crippen LogP contribution in [0, 0.1) is 5.82 Å². The van der Waals surface area contributed by atoms with Crippen molar-refractivity contribution in [3.63, 3.8) is 0 Å². The van der Waals surface area contributed by atoms with Gasteiger partial charge >= 0.3 is 5.69 Å². The molecule has 0 saturated heterocycles. The summed E-state index contributed by atoms with van der Waals surface area (Å²) in [7, 11) is 0. The average molecular weight is 452 g/mol. The van der Waals surface area contributed by atoms with E-state index in [1.165, 1.54) is 28.9 Å². The first-order valence-corrected chi connectivity index (χ1v) is 11.0. The summed E-state index contributed by atoms with van der Waals surface area (Å²) in [6, 6.07) is 12.1. The molecule has 172 valence electrons. The molecular formula is C24H26FN5O3. The molecule has 1 aliphatic rings. The summed E-state index contributed by atoms with van der Waals surface area (Å²) < 4.78 is 15.9. The molecule has 4 rings (SSSR count). The third-order valence-corrected chi connectivity index (χ3v) is 5.73. The highest BCUT2D eigenvalue weighted by molar-refractivity contribution is 6.04. The van der Waals surface area contributed by atoms with Crippen molar-refractivity contribution in [3.05, 3.63) is 81.8 Å². The number of hydrogen-bond acceptors (Lipinski definition) is 4. The van der Waals surface area contributed by atoms with Crippen LogP contribution in [0.2, 0.25) is 0 Å². The van der Waals surface area contributed by atoms with Gasteiger partial charge in [-0.1, -0.05) is 18.6 Å². The molecule has 0 aliphatic carbocycles. The van der Waals surface area contributed by atoms with Gasteiger partial charge in [-0.25, -0.2) is 13.9 Å². The summed E-state index contributed by atoms with van der Waals surface area (Å²) in [5.41, 5.74) is 1.54. The van der Waals surface area contributed by atoms with Gasteiger partial charge in [0, 0.05) is 24.2 Å². The molecule has 2 amide bonds. The number of amides is 2. The first kappa shape index (κ1) is 22.4. The van der Waals surface area contributed by atoms with Crippen molar-refractivity contribution in [2.24, 2.45) is 0 Å². The maximum absolute atomic E-state index is 13.0. The molecule has 9 heteroatoms. The second kappa shape index (κ2) is 9.81. The molecule has 1 unspecified atom stereocenters. The molecule has 1 aromatic heterocycles. The van der Waals surface area contributed by atoms with Crippen LogP contribution < -0.4 is 16.3 Å². The van der Waals surface area contributed by atoms with Gasteiger partial charge < -0.3 is 10.6 Å². The summed E-state index contributed by atoms with van der Waals surface area (Å²) in [6.07, 6.45) is 3.78. The lowest BCUT2D eigenvalue weighted by molar-refractivity contribution is -0.122. The molecular weight excluding hydrogens is 425 g/mol. The van der Waals surface area contributed by atoms with Gasteiger partial charge in [-0.2, -0.15) is 5.10 Å². The van der Waals surface area contributed by atoms with Crippen LogP contribution in [0.5, 0.6) is 0 Å². The molecule has 0 saturated carbocycles. The Hall–Kier alpha value is -3.75. The fourth-order valence-electron chi connectivity index (χ4n) is 3.89. The maximum Gasteiger partial charge on any atom is 0.346 e. The van der Waals surface area contributed by atoms with Crippen molar-refractivity contribution in [3.8, 4) is 0 Å². The molecule has 1 aliphatic heterocycles. The molecule has 2 N–H and O–H groups in total. The van der Waals surface area contributed by atoms with Crippen LogP contribution in [-0.4, -0.2) is 26.2 Å². The van der Waals surface area contributed by atoms with E-state index in [0.717, 1.165) is 37.1 Å². The Morgan fingerprint density at radius 1 is 1.06 bits per heavy atom. The third-order valence-electron chi connectivity index (χ3n) is 5.73. The SMILES string of the molecule is CC(NC(=O)Cn1nc2n(c1=O)CCCCC2)c1ccc(NC(=O)c2ccc(F)cc2)cc1. The van der Waals surface area contributed by atoms with Gasteiger partial charge in [-0.3, -0.25) is 14.2 Å². The molecule has 3 aromatic rings. The van der Waals surface area contributed by atoms with Gasteiger partial charge in [0.2, 0.25) is 5.91 Å². The molecule has 0 bridgehead atoms. The van der Waals surface area contributed by atoms with E-state index in [1.807, 2.05) is 6.92 Å². The van der Waals surface area contributed by atoms with Gasteiger partial charge in [-0.05, 0) is 61.7 Å². The van der Waals surface area contributed by atoms with Gasteiger partial charge in [0.25, 0.3) is 5.91 Å². The van der Waals surface area contributed by atoms with E-state index in [0.29, 0.717) is 17.8 Å². The zero-order chi connectivity index (χ0) is 23.4. The molecule has 0 fully saturated rings. The summed E-state index contributed by atoms with van der Waals surface area (Å²) in [5, 5.41) is 9.98. The number of nitrogens with zero attached hydrogens (tertiary/aromatic N) is 3. The Bertz CT molecular complexity index is 1200. The van der Waals surface area contributed by atoms with Gasteiger partial charge in [0.15, 0.2) is 0 Å². The van der Waals surface area contributed by atoms with Crippen LogP contribution in [0.4, 0.5) is 10.1 Å². The first-order valence-electron chi connectivity index (χ1n) is 11.0. The predicted molar refractivity (Wildman–Crippen MR) is 121 cm³/mol. The minimum Gasteiger partial charge on any atom is -0.348 e. The Labute approximate surface area is 190 Å². The monoisotopic (exact) mass is 451 g/mol. The third kappa shape index (κ3) is 5.36. The second-order valence-electron chi connectivity index (χ2n) is 8.19. The number of fused-ring (bicyclic) bond motifs is 1. The van der Waals surface area contributed by atoms with Crippen molar-refractivity contribution in [2.45, 2.75) is 51.7 Å². The number of hydrogen-bond donors (Lipinski definition) is 2. The van der Waals surface area contributed by atoms with E-state index in [1.54, 1.807) is 28.8 Å². The fourth-order valence-corrected chi connectivity index (χ4v) is 3.89. The van der Waals surface area contributed by atoms with E-state index in [-0.39, 0.29) is 30.1 Å². The Balaban J connectivity index is 1.34. The number of anilines is 1. The smallest absolute Gasteiger partial charge is 0.346 e. The lowest BCUT2D eigenvalue weighted by Crippen LogP contribution is -2.35. The minimum absolute atomic E-state index is 0.130. The lowest BCUT2D eigenvalue weighted by Gasteiger charge is -2.15. The largest absolute Gasteiger partial charge is 0.348 e. The number of aryl methyl sites for hydroxylation is 1. The van der Waals surface area contributed by atoms with Gasteiger partial charge in [0.1, 0.15) is 18.2 Å². The molecule has 0 spiro atoms. The van der Waals surface area contributed by atoms with Crippen LogP contribution in [0.15, 0.2) is 53.3 Å².